The molecular weight excluding hydrogens is 329 g/mol. The number of quaternary nitrogens is 1. The maximum Gasteiger partial charge on any atom is 0.128 e. The molecule has 1 aliphatic heterocycles. The number of halogens is 2. The molecule has 24 heavy (non-hydrogen) atoms. The van der Waals surface area contributed by atoms with Crippen molar-refractivity contribution in [2.75, 3.05) is 13.2 Å². The van der Waals surface area contributed by atoms with E-state index in [1.807, 2.05) is 18.2 Å². The van der Waals surface area contributed by atoms with Gasteiger partial charge < -0.3 is 14.8 Å². The van der Waals surface area contributed by atoms with Crippen molar-refractivity contribution in [3.8, 4) is 5.75 Å². The summed E-state index contributed by atoms with van der Waals surface area (Å²) in [6.45, 7) is 3.02. The molecule has 1 heterocycles. The molecule has 2 aromatic rings. The van der Waals surface area contributed by atoms with E-state index in [9.17, 15) is 4.39 Å². The minimum atomic E-state index is -0.241. The fraction of sp³-hybridized carbons (Fsp3) is 0.368. The summed E-state index contributed by atoms with van der Waals surface area (Å²) in [6.07, 6.45) is 2.65. The summed E-state index contributed by atoms with van der Waals surface area (Å²) in [5.74, 6) is 0.571. The summed E-state index contributed by atoms with van der Waals surface area (Å²) >= 11 is 6.12. The molecule has 1 fully saturated rings. The normalized spacial score (nSPS) is 17.2. The molecule has 0 amide bonds. The van der Waals surface area contributed by atoms with Crippen LogP contribution in [-0.2, 0) is 17.9 Å². The largest absolute Gasteiger partial charge is 0.488 e. The highest BCUT2D eigenvalue weighted by molar-refractivity contribution is 6.30. The van der Waals surface area contributed by atoms with Crippen molar-refractivity contribution < 1.29 is 19.2 Å². The molecule has 0 spiro atoms. The van der Waals surface area contributed by atoms with E-state index in [1.54, 1.807) is 12.1 Å². The number of nitrogens with two attached hydrogens (primary N) is 1. The second-order valence-corrected chi connectivity index (χ2v) is 6.47. The zero-order valence-electron chi connectivity index (χ0n) is 13.5. The molecule has 0 radical (unpaired) electrons. The van der Waals surface area contributed by atoms with Crippen LogP contribution in [-0.4, -0.2) is 19.3 Å². The lowest BCUT2D eigenvalue weighted by molar-refractivity contribution is -0.676. The first-order chi connectivity index (χ1) is 11.7. The summed E-state index contributed by atoms with van der Waals surface area (Å²) < 4.78 is 24.5. The lowest BCUT2D eigenvalue weighted by atomic mass is 10.2. The van der Waals surface area contributed by atoms with E-state index in [-0.39, 0.29) is 5.82 Å². The summed E-state index contributed by atoms with van der Waals surface area (Å²) in [7, 11) is 0. The molecule has 3 nitrogen and oxygen atoms in total. The molecule has 1 saturated heterocycles. The molecule has 0 saturated carbocycles. The molecule has 1 aliphatic rings. The number of benzene rings is 2. The first-order valence-electron chi connectivity index (χ1n) is 8.29. The van der Waals surface area contributed by atoms with Gasteiger partial charge in [-0.05, 0) is 48.7 Å². The van der Waals surface area contributed by atoms with Crippen molar-refractivity contribution in [2.24, 2.45) is 0 Å². The first kappa shape index (κ1) is 17.2. The zero-order chi connectivity index (χ0) is 16.8. The smallest absolute Gasteiger partial charge is 0.128 e. The molecule has 1 atom stereocenters. The SMILES string of the molecule is Fc1ccc(COc2ccc(Cl)cc2C[NH2+]C[C@@H]2CCCO2)cc1. The van der Waals surface area contributed by atoms with Crippen molar-refractivity contribution in [1.82, 2.24) is 0 Å². The standard InChI is InChI=1S/C19H21ClFNO2/c20-16-5-8-19(24-13-14-3-6-17(21)7-4-14)15(10-16)11-22-12-18-2-1-9-23-18/h3-8,10,18,22H,1-2,9,11-13H2/p+1/t18-/m0/s1. The van der Waals surface area contributed by atoms with Crippen molar-refractivity contribution in [3.63, 3.8) is 0 Å². The Balaban J connectivity index is 1.58. The minimum absolute atomic E-state index is 0.241. The number of rotatable bonds is 7. The summed E-state index contributed by atoms with van der Waals surface area (Å²) in [6, 6.07) is 12.0. The monoisotopic (exact) mass is 350 g/mol. The quantitative estimate of drug-likeness (QED) is 0.831. The predicted octanol–water partition coefficient (Wildman–Crippen LogP) is 3.30. The number of hydrogen-bond acceptors (Lipinski definition) is 2. The van der Waals surface area contributed by atoms with E-state index in [2.05, 4.69) is 5.32 Å². The Morgan fingerprint density at radius 3 is 2.79 bits per heavy atom. The van der Waals surface area contributed by atoms with Crippen LogP contribution in [0, 0.1) is 5.82 Å². The van der Waals surface area contributed by atoms with Gasteiger partial charge in [-0.2, -0.15) is 0 Å². The third-order valence-electron chi connectivity index (χ3n) is 4.15. The molecule has 2 N–H and O–H groups in total. The highest BCUT2D eigenvalue weighted by Gasteiger charge is 2.17. The van der Waals surface area contributed by atoms with Crippen LogP contribution in [0.2, 0.25) is 5.02 Å². The Bertz CT molecular complexity index is 657. The average molecular weight is 351 g/mol. The van der Waals surface area contributed by atoms with Crippen LogP contribution in [0.25, 0.3) is 0 Å². The van der Waals surface area contributed by atoms with Gasteiger partial charge in [-0.15, -0.1) is 0 Å². The van der Waals surface area contributed by atoms with E-state index in [0.29, 0.717) is 17.7 Å². The summed E-state index contributed by atoms with van der Waals surface area (Å²) in [5, 5.41) is 2.93. The van der Waals surface area contributed by atoms with Gasteiger partial charge in [-0.1, -0.05) is 23.7 Å². The maximum atomic E-state index is 13.0. The van der Waals surface area contributed by atoms with Gasteiger partial charge in [0.15, 0.2) is 0 Å². The van der Waals surface area contributed by atoms with Crippen molar-refractivity contribution >= 4 is 11.6 Å². The molecule has 2 aromatic carbocycles. The average Bonchev–Trinajstić information content (AvgIpc) is 3.09. The van der Waals surface area contributed by atoms with Gasteiger partial charge in [-0.3, -0.25) is 0 Å². The molecular formula is C19H22ClFNO2+. The topological polar surface area (TPSA) is 35.1 Å². The third kappa shape index (κ3) is 4.94. The Morgan fingerprint density at radius 2 is 2.04 bits per heavy atom. The van der Waals surface area contributed by atoms with E-state index >= 15 is 0 Å². The van der Waals surface area contributed by atoms with Crippen LogP contribution in [0.5, 0.6) is 5.75 Å². The van der Waals surface area contributed by atoms with Gasteiger partial charge in [0.05, 0.1) is 0 Å². The maximum absolute atomic E-state index is 13.0. The lowest BCUT2D eigenvalue weighted by Crippen LogP contribution is -2.84. The van der Waals surface area contributed by atoms with Gasteiger partial charge in [0, 0.05) is 17.2 Å². The fourth-order valence-electron chi connectivity index (χ4n) is 2.85. The van der Waals surface area contributed by atoms with Gasteiger partial charge >= 0.3 is 0 Å². The predicted molar refractivity (Wildman–Crippen MR) is 91.7 cm³/mol. The highest BCUT2D eigenvalue weighted by atomic mass is 35.5. The molecule has 0 aromatic heterocycles. The van der Waals surface area contributed by atoms with Crippen LogP contribution in [0.3, 0.4) is 0 Å². The van der Waals surface area contributed by atoms with Crippen LogP contribution in [0.1, 0.15) is 24.0 Å². The Kier molecular flexibility index (Phi) is 6.07. The van der Waals surface area contributed by atoms with Crippen LogP contribution in [0.15, 0.2) is 42.5 Å². The summed E-state index contributed by atoms with van der Waals surface area (Å²) in [5.41, 5.74) is 1.99. The van der Waals surface area contributed by atoms with Crippen LogP contribution in [0.4, 0.5) is 4.39 Å². The van der Waals surface area contributed by atoms with Gasteiger partial charge in [-0.25, -0.2) is 4.39 Å². The molecule has 0 bridgehead atoms. The van der Waals surface area contributed by atoms with Gasteiger partial charge in [0.2, 0.25) is 0 Å². The molecule has 3 rings (SSSR count). The first-order valence-corrected chi connectivity index (χ1v) is 8.67. The van der Waals surface area contributed by atoms with E-state index in [0.717, 1.165) is 49.4 Å². The van der Waals surface area contributed by atoms with E-state index < -0.39 is 0 Å². The fourth-order valence-corrected chi connectivity index (χ4v) is 3.04. The zero-order valence-corrected chi connectivity index (χ0v) is 14.3. The second-order valence-electron chi connectivity index (χ2n) is 6.03. The van der Waals surface area contributed by atoms with Crippen molar-refractivity contribution in [2.45, 2.75) is 32.1 Å². The van der Waals surface area contributed by atoms with Crippen molar-refractivity contribution in [3.05, 3.63) is 64.4 Å². The van der Waals surface area contributed by atoms with Gasteiger partial charge in [0.1, 0.15) is 37.4 Å². The minimum Gasteiger partial charge on any atom is -0.488 e. The van der Waals surface area contributed by atoms with Crippen LogP contribution >= 0.6 is 11.6 Å². The van der Waals surface area contributed by atoms with Crippen molar-refractivity contribution in [1.29, 1.82) is 0 Å². The van der Waals surface area contributed by atoms with E-state index in [1.165, 1.54) is 12.1 Å². The second kappa shape index (κ2) is 8.47. The molecule has 5 heteroatoms. The number of ether oxygens (including phenoxy) is 2. The Hall–Kier alpha value is -1.62. The Morgan fingerprint density at radius 1 is 1.21 bits per heavy atom. The number of hydrogen-bond donors (Lipinski definition) is 1. The highest BCUT2D eigenvalue weighted by Crippen LogP contribution is 2.23. The molecule has 128 valence electrons. The summed E-state index contributed by atoms with van der Waals surface area (Å²) in [4.78, 5) is 0. The Labute approximate surface area is 146 Å². The van der Waals surface area contributed by atoms with Gasteiger partial charge in [0.25, 0.3) is 0 Å². The molecule has 0 unspecified atom stereocenters. The lowest BCUT2D eigenvalue weighted by Gasteiger charge is -2.13. The third-order valence-corrected chi connectivity index (χ3v) is 4.38. The van der Waals surface area contributed by atoms with Crippen LogP contribution < -0.4 is 10.1 Å². The van der Waals surface area contributed by atoms with E-state index in [4.69, 9.17) is 21.1 Å². The molecule has 0 aliphatic carbocycles.